The van der Waals surface area contributed by atoms with Gasteiger partial charge < -0.3 is 10.0 Å². The van der Waals surface area contributed by atoms with E-state index in [1.165, 1.54) is 0 Å². The number of carboxylic acids is 1. The Morgan fingerprint density at radius 1 is 1.32 bits per heavy atom. The fraction of sp³-hybridized carbons (Fsp3) is 0.429. The van der Waals surface area contributed by atoms with Gasteiger partial charge in [0.05, 0.1) is 5.92 Å². The average Bonchev–Trinajstić information content (AvgIpc) is 2.69. The fourth-order valence-electron chi connectivity index (χ4n) is 2.50. The number of hydrogen-bond acceptors (Lipinski definition) is 2. The van der Waals surface area contributed by atoms with E-state index in [4.69, 9.17) is 5.11 Å². The van der Waals surface area contributed by atoms with E-state index in [2.05, 4.69) is 15.9 Å². The van der Waals surface area contributed by atoms with Gasteiger partial charge >= 0.3 is 5.97 Å². The molecule has 1 fully saturated rings. The van der Waals surface area contributed by atoms with Crippen LogP contribution >= 0.6 is 15.9 Å². The molecule has 1 aliphatic heterocycles. The van der Waals surface area contributed by atoms with Crippen LogP contribution in [0.25, 0.3) is 0 Å². The number of carbonyl (C=O) groups excluding carboxylic acids is 1. The maximum absolute atomic E-state index is 12.4. The number of carboxylic acid groups (broad SMARTS) is 1. The minimum absolute atomic E-state index is 0.00491. The van der Waals surface area contributed by atoms with Crippen molar-refractivity contribution in [1.82, 2.24) is 4.90 Å². The molecular formula is C14H16BrNO3. The van der Waals surface area contributed by atoms with Crippen molar-refractivity contribution in [3.63, 3.8) is 0 Å². The Kier molecular flexibility index (Phi) is 3.94. The lowest BCUT2D eigenvalue weighted by Crippen LogP contribution is -2.30. The Labute approximate surface area is 120 Å². The molecule has 2 rings (SSSR count). The normalized spacial score (nSPS) is 22.6. The third-order valence-electron chi connectivity index (χ3n) is 3.51. The maximum Gasteiger partial charge on any atom is 0.308 e. The van der Waals surface area contributed by atoms with Crippen LogP contribution in [0.3, 0.4) is 0 Å². The molecule has 0 bridgehead atoms. The number of benzene rings is 1. The first-order chi connectivity index (χ1) is 8.88. The van der Waals surface area contributed by atoms with Gasteiger partial charge in [0.25, 0.3) is 5.91 Å². The highest BCUT2D eigenvalue weighted by Gasteiger charge is 2.37. The summed E-state index contributed by atoms with van der Waals surface area (Å²) in [5, 5.41) is 9.10. The molecule has 1 heterocycles. The summed E-state index contributed by atoms with van der Waals surface area (Å²) in [5.41, 5.74) is 1.60. The SMILES string of the molecule is Cc1cc(Br)cc(C(=O)N2C[C@@H](C)[C@H](C(=O)O)C2)c1. The Morgan fingerprint density at radius 2 is 2.00 bits per heavy atom. The molecule has 5 heteroatoms. The molecule has 0 saturated carbocycles. The van der Waals surface area contributed by atoms with Gasteiger partial charge in [-0.15, -0.1) is 0 Å². The van der Waals surface area contributed by atoms with Crippen LogP contribution in [0.5, 0.6) is 0 Å². The summed E-state index contributed by atoms with van der Waals surface area (Å²) < 4.78 is 0.859. The first kappa shape index (κ1) is 14.1. The highest BCUT2D eigenvalue weighted by molar-refractivity contribution is 9.10. The van der Waals surface area contributed by atoms with Crippen LogP contribution in [0.15, 0.2) is 22.7 Å². The van der Waals surface area contributed by atoms with Crippen molar-refractivity contribution in [3.05, 3.63) is 33.8 Å². The predicted octanol–water partition coefficient (Wildman–Crippen LogP) is 2.55. The number of nitrogens with zero attached hydrogens (tertiary/aromatic N) is 1. The van der Waals surface area contributed by atoms with Crippen LogP contribution in [-0.2, 0) is 4.79 Å². The standard InChI is InChI=1S/C14H16BrNO3/c1-8-3-10(5-11(15)4-8)13(17)16-6-9(2)12(7-16)14(18)19/h3-5,9,12H,6-7H2,1-2H3,(H,18,19)/t9-,12-/m1/s1. The van der Waals surface area contributed by atoms with Gasteiger partial charge in [-0.3, -0.25) is 9.59 Å². The quantitative estimate of drug-likeness (QED) is 0.909. The van der Waals surface area contributed by atoms with E-state index >= 15 is 0 Å². The van der Waals surface area contributed by atoms with Gasteiger partial charge in [-0.1, -0.05) is 22.9 Å². The number of likely N-dealkylation sites (tertiary alicyclic amines) is 1. The summed E-state index contributed by atoms with van der Waals surface area (Å²) in [6.07, 6.45) is 0. The molecule has 1 aromatic rings. The summed E-state index contributed by atoms with van der Waals surface area (Å²) in [4.78, 5) is 25.1. The summed E-state index contributed by atoms with van der Waals surface area (Å²) >= 11 is 3.37. The van der Waals surface area contributed by atoms with Gasteiger partial charge in [0.15, 0.2) is 0 Å². The number of aryl methyl sites for hydroxylation is 1. The lowest BCUT2D eigenvalue weighted by atomic mass is 9.99. The van der Waals surface area contributed by atoms with E-state index in [0.29, 0.717) is 18.7 Å². The van der Waals surface area contributed by atoms with Gasteiger partial charge in [-0.2, -0.15) is 0 Å². The van der Waals surface area contributed by atoms with Crippen LogP contribution in [0.4, 0.5) is 0 Å². The number of halogens is 1. The molecule has 4 nitrogen and oxygen atoms in total. The predicted molar refractivity (Wildman–Crippen MR) is 75.1 cm³/mol. The number of amides is 1. The molecule has 0 spiro atoms. The van der Waals surface area contributed by atoms with Crippen molar-refractivity contribution in [1.29, 1.82) is 0 Å². The second-order valence-electron chi connectivity index (χ2n) is 5.15. The highest BCUT2D eigenvalue weighted by Crippen LogP contribution is 2.25. The maximum atomic E-state index is 12.4. The van der Waals surface area contributed by atoms with E-state index in [-0.39, 0.29) is 11.8 Å². The van der Waals surface area contributed by atoms with Gasteiger partial charge in [0.1, 0.15) is 0 Å². The van der Waals surface area contributed by atoms with E-state index in [1.807, 2.05) is 26.0 Å². The van der Waals surface area contributed by atoms with Crippen molar-refractivity contribution in [2.24, 2.45) is 11.8 Å². The zero-order chi connectivity index (χ0) is 14.2. The van der Waals surface area contributed by atoms with Gasteiger partial charge in [-0.25, -0.2) is 0 Å². The van der Waals surface area contributed by atoms with E-state index in [1.54, 1.807) is 11.0 Å². The Bertz CT molecular complexity index is 509. The van der Waals surface area contributed by atoms with Crippen molar-refractivity contribution in [2.45, 2.75) is 13.8 Å². The van der Waals surface area contributed by atoms with Gasteiger partial charge in [0, 0.05) is 23.1 Å². The van der Waals surface area contributed by atoms with Crippen molar-refractivity contribution < 1.29 is 14.7 Å². The second kappa shape index (κ2) is 5.33. The van der Waals surface area contributed by atoms with E-state index in [9.17, 15) is 9.59 Å². The average molecular weight is 326 g/mol. The minimum Gasteiger partial charge on any atom is -0.481 e. The second-order valence-corrected chi connectivity index (χ2v) is 6.07. The molecular weight excluding hydrogens is 310 g/mol. The van der Waals surface area contributed by atoms with Crippen LogP contribution in [0, 0.1) is 18.8 Å². The first-order valence-electron chi connectivity index (χ1n) is 6.17. The molecule has 102 valence electrons. The molecule has 0 radical (unpaired) electrons. The zero-order valence-corrected chi connectivity index (χ0v) is 12.5. The zero-order valence-electron chi connectivity index (χ0n) is 10.9. The molecule has 19 heavy (non-hydrogen) atoms. The fourth-order valence-corrected chi connectivity index (χ4v) is 3.10. The smallest absolute Gasteiger partial charge is 0.308 e. The number of rotatable bonds is 2. The third-order valence-corrected chi connectivity index (χ3v) is 3.96. The monoisotopic (exact) mass is 325 g/mol. The minimum atomic E-state index is -0.826. The third kappa shape index (κ3) is 2.97. The molecule has 0 aliphatic carbocycles. The summed E-state index contributed by atoms with van der Waals surface area (Å²) in [7, 11) is 0. The molecule has 1 amide bonds. The number of hydrogen-bond donors (Lipinski definition) is 1. The number of aliphatic carboxylic acids is 1. The molecule has 2 atom stereocenters. The van der Waals surface area contributed by atoms with Crippen molar-refractivity contribution in [2.75, 3.05) is 13.1 Å². The topological polar surface area (TPSA) is 57.6 Å². The molecule has 0 aromatic heterocycles. The van der Waals surface area contributed by atoms with Gasteiger partial charge in [0.2, 0.25) is 0 Å². The largest absolute Gasteiger partial charge is 0.481 e. The molecule has 0 unspecified atom stereocenters. The lowest BCUT2D eigenvalue weighted by Gasteiger charge is -2.16. The summed E-state index contributed by atoms with van der Waals surface area (Å²) in [6.45, 7) is 4.59. The van der Waals surface area contributed by atoms with Crippen LogP contribution in [-0.4, -0.2) is 35.0 Å². The van der Waals surface area contributed by atoms with Crippen LogP contribution < -0.4 is 0 Å². The highest BCUT2D eigenvalue weighted by atomic mass is 79.9. The molecule has 1 aliphatic rings. The Morgan fingerprint density at radius 3 is 2.53 bits per heavy atom. The Hall–Kier alpha value is -1.36. The molecule has 1 N–H and O–H groups in total. The first-order valence-corrected chi connectivity index (χ1v) is 6.97. The van der Waals surface area contributed by atoms with Crippen molar-refractivity contribution in [3.8, 4) is 0 Å². The van der Waals surface area contributed by atoms with Crippen LogP contribution in [0.1, 0.15) is 22.8 Å². The van der Waals surface area contributed by atoms with E-state index < -0.39 is 11.9 Å². The summed E-state index contributed by atoms with van der Waals surface area (Å²) in [5.74, 6) is -1.39. The Balaban J connectivity index is 2.19. The van der Waals surface area contributed by atoms with E-state index in [0.717, 1.165) is 10.0 Å². The molecule has 1 aromatic carbocycles. The lowest BCUT2D eigenvalue weighted by molar-refractivity contribution is -0.142. The van der Waals surface area contributed by atoms with Crippen molar-refractivity contribution >= 4 is 27.8 Å². The number of carbonyl (C=O) groups is 2. The van der Waals surface area contributed by atoms with Gasteiger partial charge in [-0.05, 0) is 36.6 Å². The summed E-state index contributed by atoms with van der Waals surface area (Å²) in [6, 6.07) is 5.53. The van der Waals surface area contributed by atoms with Crippen LogP contribution in [0.2, 0.25) is 0 Å². The molecule has 1 saturated heterocycles.